The average Bonchev–Trinajstić information content (AvgIpc) is 3.11. The molecule has 1 aromatic heterocycles. The molecule has 11 nitrogen and oxygen atoms in total. The van der Waals surface area contributed by atoms with Crippen LogP contribution in [-0.2, 0) is 17.2 Å². The van der Waals surface area contributed by atoms with E-state index in [0.717, 1.165) is 22.7 Å². The summed E-state index contributed by atoms with van der Waals surface area (Å²) < 4.78 is 31.4. The van der Waals surface area contributed by atoms with Crippen molar-refractivity contribution in [2.45, 2.75) is 11.8 Å². The van der Waals surface area contributed by atoms with Crippen molar-refractivity contribution in [1.82, 2.24) is 15.2 Å². The lowest BCUT2D eigenvalue weighted by atomic mass is 10.2. The van der Waals surface area contributed by atoms with Crippen LogP contribution in [0.2, 0.25) is 0 Å². The van der Waals surface area contributed by atoms with E-state index in [-0.39, 0.29) is 16.2 Å². The molecule has 0 unspecified atom stereocenters. The van der Waals surface area contributed by atoms with Crippen LogP contribution in [0, 0.1) is 17.0 Å². The van der Waals surface area contributed by atoms with Crippen LogP contribution in [0.1, 0.15) is 21.6 Å². The van der Waals surface area contributed by atoms with E-state index >= 15 is 0 Å². The number of aromatic nitrogens is 2. The van der Waals surface area contributed by atoms with Crippen molar-refractivity contribution in [3.63, 3.8) is 0 Å². The first-order valence-corrected chi connectivity index (χ1v) is 10.2. The number of hydrogen-bond donors (Lipinski definition) is 1. The average molecular weight is 443 g/mol. The summed E-state index contributed by atoms with van der Waals surface area (Å²) in [6.07, 6.45) is 2.25. The highest BCUT2D eigenvalue weighted by atomic mass is 32.2. The number of aryl methyl sites for hydroxylation is 2. The number of carbonyl (C=O) groups is 1. The number of nitrogens with one attached hydrogen (secondary N) is 1. The van der Waals surface area contributed by atoms with Crippen molar-refractivity contribution < 1.29 is 22.3 Å². The molecule has 0 aliphatic carbocycles. The quantitative estimate of drug-likeness (QED) is 0.255. The molecule has 0 radical (unpaired) electrons. The zero-order valence-electron chi connectivity index (χ0n) is 16.4. The van der Waals surface area contributed by atoms with E-state index in [4.69, 9.17) is 4.18 Å². The predicted octanol–water partition coefficient (Wildman–Crippen LogP) is 2.17. The Morgan fingerprint density at radius 3 is 2.58 bits per heavy atom. The number of carbonyl (C=O) groups excluding carboxylic acids is 1. The van der Waals surface area contributed by atoms with E-state index in [1.54, 1.807) is 24.3 Å². The summed E-state index contributed by atoms with van der Waals surface area (Å²) in [5.74, 6) is -0.904. The van der Waals surface area contributed by atoms with E-state index in [2.05, 4.69) is 15.6 Å². The smallest absolute Gasteiger partial charge is 0.339 e. The van der Waals surface area contributed by atoms with Crippen LogP contribution in [0.4, 0.5) is 5.69 Å². The topological polar surface area (TPSA) is 146 Å². The lowest BCUT2D eigenvalue weighted by Crippen LogP contribution is -2.19. The van der Waals surface area contributed by atoms with Gasteiger partial charge in [-0.3, -0.25) is 19.6 Å². The number of benzene rings is 2. The maximum atomic E-state index is 12.5. The minimum atomic E-state index is -4.09. The zero-order valence-corrected chi connectivity index (χ0v) is 17.2. The van der Waals surface area contributed by atoms with E-state index < -0.39 is 32.3 Å². The molecular weight excluding hydrogens is 426 g/mol. The first-order valence-electron chi connectivity index (χ1n) is 8.79. The van der Waals surface area contributed by atoms with Crippen LogP contribution in [-0.4, -0.2) is 35.2 Å². The monoisotopic (exact) mass is 443 g/mol. The van der Waals surface area contributed by atoms with Crippen LogP contribution >= 0.6 is 0 Å². The largest absolute Gasteiger partial charge is 0.378 e. The van der Waals surface area contributed by atoms with E-state index in [0.29, 0.717) is 0 Å². The molecule has 0 saturated carbocycles. The highest BCUT2D eigenvalue weighted by Crippen LogP contribution is 2.22. The number of nitro groups is 1. The molecule has 12 heteroatoms. The molecule has 0 aliphatic heterocycles. The van der Waals surface area contributed by atoms with Crippen LogP contribution < -0.4 is 9.61 Å². The van der Waals surface area contributed by atoms with Gasteiger partial charge in [0.2, 0.25) is 5.69 Å². The Balaban J connectivity index is 1.78. The summed E-state index contributed by atoms with van der Waals surface area (Å²) in [6.45, 7) is 1.83. The van der Waals surface area contributed by atoms with Gasteiger partial charge in [0.25, 0.3) is 5.91 Å². The molecule has 2 aromatic carbocycles. The van der Waals surface area contributed by atoms with Gasteiger partial charge in [-0.15, -0.1) is 0 Å². The Kier molecular flexibility index (Phi) is 6.11. The van der Waals surface area contributed by atoms with Gasteiger partial charge in [0.1, 0.15) is 11.1 Å². The van der Waals surface area contributed by atoms with Crippen LogP contribution in [0.25, 0.3) is 0 Å². The highest BCUT2D eigenvalue weighted by molar-refractivity contribution is 7.87. The van der Waals surface area contributed by atoms with Crippen molar-refractivity contribution in [3.05, 3.63) is 81.7 Å². The molecule has 0 saturated heterocycles. The Hall–Kier alpha value is -4.06. The molecule has 0 bridgehead atoms. The third-order valence-corrected chi connectivity index (χ3v) is 5.27. The molecule has 1 N–H and O–H groups in total. The standard InChI is InChI=1S/C19H17N5O6S/c1-13-7-9-15(10-8-13)31(28,29)30-17-6-4-3-5-14(17)11-20-21-19(25)18-16(24(26)27)12-23(2)22-18/h3-12H,1-2H3,(H,21,25)/b20-11+. The Labute approximate surface area is 177 Å². The van der Waals surface area contributed by atoms with Crippen molar-refractivity contribution >= 4 is 27.9 Å². The molecule has 0 spiro atoms. The number of para-hydroxylation sites is 1. The van der Waals surface area contributed by atoms with Gasteiger partial charge in [-0.25, -0.2) is 5.43 Å². The van der Waals surface area contributed by atoms with E-state index in [1.807, 2.05) is 6.92 Å². The molecular formula is C19H17N5O6S. The summed E-state index contributed by atoms with van der Waals surface area (Å²) in [5, 5.41) is 18.5. The normalized spacial score (nSPS) is 11.4. The number of hydrazone groups is 1. The minimum Gasteiger partial charge on any atom is -0.378 e. The number of hydrogen-bond acceptors (Lipinski definition) is 8. The van der Waals surface area contributed by atoms with Gasteiger partial charge in [0, 0.05) is 12.6 Å². The highest BCUT2D eigenvalue weighted by Gasteiger charge is 2.24. The number of amides is 1. The fraction of sp³-hybridized carbons (Fsp3) is 0.105. The maximum absolute atomic E-state index is 12.5. The number of nitrogens with zero attached hydrogens (tertiary/aromatic N) is 4. The van der Waals surface area contributed by atoms with Gasteiger partial charge in [-0.1, -0.05) is 29.8 Å². The van der Waals surface area contributed by atoms with Gasteiger partial charge >= 0.3 is 15.8 Å². The Morgan fingerprint density at radius 2 is 1.90 bits per heavy atom. The summed E-state index contributed by atoms with van der Waals surface area (Å²) in [7, 11) is -2.65. The predicted molar refractivity (Wildman–Crippen MR) is 110 cm³/mol. The first kappa shape index (κ1) is 21.6. The molecule has 0 aliphatic rings. The second-order valence-corrected chi connectivity index (χ2v) is 7.93. The van der Waals surface area contributed by atoms with Gasteiger partial charge in [0.15, 0.2) is 5.75 Å². The Bertz CT molecular complexity index is 1270. The molecule has 3 rings (SSSR count). The summed E-state index contributed by atoms with van der Waals surface area (Å²) in [5.41, 5.74) is 2.41. The second-order valence-electron chi connectivity index (χ2n) is 6.38. The maximum Gasteiger partial charge on any atom is 0.339 e. The summed E-state index contributed by atoms with van der Waals surface area (Å²) in [4.78, 5) is 22.4. The third-order valence-electron chi connectivity index (χ3n) is 4.02. The molecule has 0 fully saturated rings. The minimum absolute atomic E-state index is 0.00936. The van der Waals surface area contributed by atoms with Gasteiger partial charge in [0.05, 0.1) is 11.1 Å². The fourth-order valence-corrected chi connectivity index (χ4v) is 3.47. The molecule has 31 heavy (non-hydrogen) atoms. The second kappa shape index (κ2) is 8.75. The molecule has 3 aromatic rings. The third kappa shape index (κ3) is 5.11. The van der Waals surface area contributed by atoms with E-state index in [1.165, 1.54) is 31.3 Å². The van der Waals surface area contributed by atoms with Gasteiger partial charge in [-0.05, 0) is 31.2 Å². The van der Waals surface area contributed by atoms with Crippen molar-refractivity contribution in [1.29, 1.82) is 0 Å². The molecule has 160 valence electrons. The summed E-state index contributed by atoms with van der Waals surface area (Å²) in [6, 6.07) is 12.3. The van der Waals surface area contributed by atoms with Crippen LogP contribution in [0.5, 0.6) is 5.75 Å². The first-order chi connectivity index (χ1) is 14.7. The van der Waals surface area contributed by atoms with Crippen molar-refractivity contribution in [2.24, 2.45) is 12.1 Å². The number of rotatable bonds is 7. The van der Waals surface area contributed by atoms with Crippen LogP contribution in [0.3, 0.4) is 0 Å². The lowest BCUT2D eigenvalue weighted by Gasteiger charge is -2.09. The molecule has 0 atom stereocenters. The molecule has 1 amide bonds. The molecule has 1 heterocycles. The van der Waals surface area contributed by atoms with Gasteiger partial charge < -0.3 is 4.18 Å². The van der Waals surface area contributed by atoms with E-state index in [9.17, 15) is 23.3 Å². The van der Waals surface area contributed by atoms with Crippen molar-refractivity contribution in [3.8, 4) is 5.75 Å². The zero-order chi connectivity index (χ0) is 22.6. The van der Waals surface area contributed by atoms with Crippen LogP contribution in [0.15, 0.2) is 64.7 Å². The van der Waals surface area contributed by atoms with Crippen molar-refractivity contribution in [2.75, 3.05) is 0 Å². The fourth-order valence-electron chi connectivity index (χ4n) is 2.52. The SMILES string of the molecule is Cc1ccc(S(=O)(=O)Oc2ccccc2/C=N/NC(=O)c2nn(C)cc2[N+](=O)[O-])cc1. The van der Waals surface area contributed by atoms with Gasteiger partial charge in [-0.2, -0.15) is 18.6 Å². The Morgan fingerprint density at radius 1 is 1.23 bits per heavy atom. The lowest BCUT2D eigenvalue weighted by molar-refractivity contribution is -0.385. The summed E-state index contributed by atoms with van der Waals surface area (Å²) >= 11 is 0.